The van der Waals surface area contributed by atoms with Crippen LogP contribution < -0.4 is 10.6 Å². The first kappa shape index (κ1) is 7.65. The molecule has 60 valence electrons. The molecule has 1 aromatic rings. The number of H-pyrrole nitrogens is 1. The highest BCUT2D eigenvalue weighted by molar-refractivity contribution is 5.94. The lowest BCUT2D eigenvalue weighted by Crippen LogP contribution is -2.16. The molecule has 0 aliphatic heterocycles. The molecule has 0 unspecified atom stereocenters. The van der Waals surface area contributed by atoms with E-state index in [1.165, 1.54) is 0 Å². The molecule has 1 heterocycles. The highest BCUT2D eigenvalue weighted by Gasteiger charge is 2.03. The largest absolute Gasteiger partial charge is 0.375 e. The summed E-state index contributed by atoms with van der Waals surface area (Å²) >= 11 is 0. The van der Waals surface area contributed by atoms with Gasteiger partial charge in [-0.2, -0.15) is 0 Å². The van der Waals surface area contributed by atoms with E-state index in [-0.39, 0.29) is 5.91 Å². The quantitative estimate of drug-likeness (QED) is 0.576. The van der Waals surface area contributed by atoms with Gasteiger partial charge in [0.25, 0.3) is 5.91 Å². The molecule has 1 aromatic heterocycles. The predicted octanol–water partition coefficient (Wildman–Crippen LogP) is 0.416. The molecule has 0 saturated heterocycles. The zero-order valence-electron chi connectivity index (χ0n) is 6.56. The van der Waals surface area contributed by atoms with Gasteiger partial charge in [-0.25, -0.2) is 0 Å². The molecule has 1 rings (SSSR count). The van der Waals surface area contributed by atoms with Crippen LogP contribution in [0, 0.1) is 0 Å². The molecule has 4 nitrogen and oxygen atoms in total. The Kier molecular flexibility index (Phi) is 2.15. The van der Waals surface area contributed by atoms with Gasteiger partial charge in [0.15, 0.2) is 0 Å². The zero-order valence-corrected chi connectivity index (χ0v) is 6.56. The number of carbonyl (C=O) groups excluding carboxylic acids is 1. The maximum absolute atomic E-state index is 11.0. The van der Waals surface area contributed by atoms with Crippen molar-refractivity contribution in [2.24, 2.45) is 0 Å². The van der Waals surface area contributed by atoms with Crippen molar-refractivity contribution in [1.29, 1.82) is 0 Å². The third-order valence-electron chi connectivity index (χ3n) is 1.44. The van der Waals surface area contributed by atoms with Crippen LogP contribution in [0.25, 0.3) is 0 Å². The maximum Gasteiger partial charge on any atom is 0.252 e. The average Bonchev–Trinajstić information content (AvgIpc) is 2.50. The summed E-state index contributed by atoms with van der Waals surface area (Å²) in [5.41, 5.74) is 0.636. The van der Waals surface area contributed by atoms with Crippen molar-refractivity contribution in [2.75, 3.05) is 19.4 Å². The molecule has 1 amide bonds. The van der Waals surface area contributed by atoms with Gasteiger partial charge in [-0.1, -0.05) is 0 Å². The predicted molar refractivity (Wildman–Crippen MR) is 43.7 cm³/mol. The molecule has 0 saturated carbocycles. The van der Waals surface area contributed by atoms with Crippen molar-refractivity contribution in [3.63, 3.8) is 0 Å². The number of amides is 1. The van der Waals surface area contributed by atoms with Crippen molar-refractivity contribution >= 4 is 11.7 Å². The number of anilines is 1. The van der Waals surface area contributed by atoms with E-state index < -0.39 is 0 Å². The minimum Gasteiger partial charge on any atom is -0.375 e. The second kappa shape index (κ2) is 3.09. The van der Waals surface area contributed by atoms with Crippen LogP contribution in [-0.4, -0.2) is 25.0 Å². The van der Waals surface area contributed by atoms with E-state index in [1.54, 1.807) is 26.4 Å². The van der Waals surface area contributed by atoms with Crippen molar-refractivity contribution in [1.82, 2.24) is 10.3 Å². The topological polar surface area (TPSA) is 56.9 Å². The second-order valence-corrected chi connectivity index (χ2v) is 2.13. The number of hydrogen-bond acceptors (Lipinski definition) is 2. The fraction of sp³-hybridized carbons (Fsp3) is 0.286. The van der Waals surface area contributed by atoms with E-state index >= 15 is 0 Å². The Hall–Kier alpha value is -1.45. The van der Waals surface area contributed by atoms with Gasteiger partial charge < -0.3 is 15.6 Å². The Morgan fingerprint density at radius 1 is 1.55 bits per heavy atom. The molecule has 0 atom stereocenters. The minimum atomic E-state index is -0.0808. The Morgan fingerprint density at radius 2 is 2.27 bits per heavy atom. The Labute approximate surface area is 65.0 Å². The SMILES string of the molecule is CNC(=O)c1c[nH]c(NC)c1. The monoisotopic (exact) mass is 153 g/mol. The van der Waals surface area contributed by atoms with Crippen LogP contribution in [0.4, 0.5) is 5.82 Å². The molecule has 0 bridgehead atoms. The molecule has 0 aromatic carbocycles. The van der Waals surface area contributed by atoms with Gasteiger partial charge in [0.2, 0.25) is 0 Å². The molecular weight excluding hydrogens is 142 g/mol. The summed E-state index contributed by atoms with van der Waals surface area (Å²) < 4.78 is 0. The normalized spacial score (nSPS) is 9.27. The Balaban J connectivity index is 2.80. The second-order valence-electron chi connectivity index (χ2n) is 2.13. The minimum absolute atomic E-state index is 0.0808. The molecule has 0 radical (unpaired) electrons. The summed E-state index contributed by atoms with van der Waals surface area (Å²) in [5, 5.41) is 5.42. The third kappa shape index (κ3) is 1.52. The molecule has 3 N–H and O–H groups in total. The standard InChI is InChI=1S/C7H11N3O/c1-8-6-3-5(4-10-6)7(11)9-2/h3-4,8,10H,1-2H3,(H,9,11). The molecule has 11 heavy (non-hydrogen) atoms. The summed E-state index contributed by atoms with van der Waals surface area (Å²) in [6.45, 7) is 0. The first-order chi connectivity index (χ1) is 5.27. The summed E-state index contributed by atoms with van der Waals surface area (Å²) in [6.07, 6.45) is 1.66. The number of hydrogen-bond donors (Lipinski definition) is 3. The highest BCUT2D eigenvalue weighted by Crippen LogP contribution is 2.06. The van der Waals surface area contributed by atoms with E-state index in [0.717, 1.165) is 5.82 Å². The van der Waals surface area contributed by atoms with Gasteiger partial charge in [0.1, 0.15) is 5.82 Å². The van der Waals surface area contributed by atoms with Gasteiger partial charge in [-0.3, -0.25) is 4.79 Å². The fourth-order valence-corrected chi connectivity index (χ4v) is 0.814. The first-order valence-corrected chi connectivity index (χ1v) is 3.36. The Bertz CT molecular complexity index is 254. The number of rotatable bonds is 2. The smallest absolute Gasteiger partial charge is 0.252 e. The number of nitrogens with one attached hydrogen (secondary N) is 3. The van der Waals surface area contributed by atoms with Gasteiger partial charge in [-0.05, 0) is 6.07 Å². The van der Waals surface area contributed by atoms with E-state index in [2.05, 4.69) is 15.6 Å². The number of aromatic amines is 1. The van der Waals surface area contributed by atoms with Crippen LogP contribution in [0.2, 0.25) is 0 Å². The van der Waals surface area contributed by atoms with Gasteiger partial charge in [-0.15, -0.1) is 0 Å². The molecule has 0 aliphatic carbocycles. The fourth-order valence-electron chi connectivity index (χ4n) is 0.814. The molecular formula is C7H11N3O. The van der Waals surface area contributed by atoms with Crippen LogP contribution in [0.3, 0.4) is 0 Å². The summed E-state index contributed by atoms with van der Waals surface area (Å²) in [4.78, 5) is 13.9. The van der Waals surface area contributed by atoms with Crippen LogP contribution in [0.5, 0.6) is 0 Å². The highest BCUT2D eigenvalue weighted by atomic mass is 16.1. The molecule has 4 heteroatoms. The van der Waals surface area contributed by atoms with Crippen molar-refractivity contribution in [2.45, 2.75) is 0 Å². The lowest BCUT2D eigenvalue weighted by Gasteiger charge is -1.92. The zero-order chi connectivity index (χ0) is 8.27. The average molecular weight is 153 g/mol. The molecule has 0 aliphatic rings. The first-order valence-electron chi connectivity index (χ1n) is 3.36. The van der Waals surface area contributed by atoms with Gasteiger partial charge >= 0.3 is 0 Å². The van der Waals surface area contributed by atoms with E-state index in [1.807, 2.05) is 0 Å². The van der Waals surface area contributed by atoms with E-state index in [4.69, 9.17) is 0 Å². The summed E-state index contributed by atoms with van der Waals surface area (Å²) in [7, 11) is 3.40. The number of aromatic nitrogens is 1. The van der Waals surface area contributed by atoms with Crippen LogP contribution in [0.1, 0.15) is 10.4 Å². The number of carbonyl (C=O) groups is 1. The van der Waals surface area contributed by atoms with Crippen LogP contribution in [0.15, 0.2) is 12.3 Å². The van der Waals surface area contributed by atoms with E-state index in [9.17, 15) is 4.79 Å². The van der Waals surface area contributed by atoms with Crippen molar-refractivity contribution < 1.29 is 4.79 Å². The van der Waals surface area contributed by atoms with Gasteiger partial charge in [0.05, 0.1) is 5.56 Å². The van der Waals surface area contributed by atoms with Crippen molar-refractivity contribution in [3.05, 3.63) is 17.8 Å². The molecule has 0 spiro atoms. The lowest BCUT2D eigenvalue weighted by atomic mass is 10.3. The van der Waals surface area contributed by atoms with Crippen LogP contribution in [-0.2, 0) is 0 Å². The molecule has 0 fully saturated rings. The maximum atomic E-state index is 11.0. The van der Waals surface area contributed by atoms with Gasteiger partial charge in [0, 0.05) is 20.3 Å². The third-order valence-corrected chi connectivity index (χ3v) is 1.44. The summed E-state index contributed by atoms with van der Waals surface area (Å²) in [6, 6.07) is 1.75. The lowest BCUT2D eigenvalue weighted by molar-refractivity contribution is 0.0963. The summed E-state index contributed by atoms with van der Waals surface area (Å²) in [5.74, 6) is 0.756. The van der Waals surface area contributed by atoms with E-state index in [0.29, 0.717) is 5.56 Å². The van der Waals surface area contributed by atoms with Crippen molar-refractivity contribution in [3.8, 4) is 0 Å². The Morgan fingerprint density at radius 3 is 2.73 bits per heavy atom. The van der Waals surface area contributed by atoms with Crippen LogP contribution >= 0.6 is 0 Å².